The van der Waals surface area contributed by atoms with E-state index in [2.05, 4.69) is 0 Å². The van der Waals surface area contributed by atoms with Gasteiger partial charge in [-0.05, 0) is 50.4 Å². The molecule has 21 heavy (non-hydrogen) atoms. The third-order valence-electron chi connectivity index (χ3n) is 3.34. The molecule has 0 aromatic heterocycles. The van der Waals surface area contributed by atoms with Gasteiger partial charge >= 0.3 is 9.28 Å². The molecule has 0 heterocycles. The molecule has 0 fully saturated rings. The van der Waals surface area contributed by atoms with Crippen LogP contribution in [0, 0.1) is 11.6 Å². The van der Waals surface area contributed by atoms with E-state index in [4.69, 9.17) is 8.85 Å². The molecule has 0 saturated heterocycles. The zero-order valence-corrected chi connectivity index (χ0v) is 14.2. The van der Waals surface area contributed by atoms with Crippen molar-refractivity contribution in [3.63, 3.8) is 0 Å². The minimum atomic E-state index is -1.45. The van der Waals surface area contributed by atoms with Gasteiger partial charge in [-0.25, -0.2) is 8.78 Å². The molecule has 1 aromatic rings. The highest BCUT2D eigenvalue weighted by atomic mass is 28.3. The summed E-state index contributed by atoms with van der Waals surface area (Å²) in [5.41, 5.74) is 0.866. The molecular weight excluding hydrogens is 290 g/mol. The van der Waals surface area contributed by atoms with Crippen molar-refractivity contribution in [2.75, 3.05) is 13.2 Å². The molecule has 0 spiro atoms. The molecule has 0 radical (unpaired) electrons. The molecule has 0 aliphatic carbocycles. The van der Waals surface area contributed by atoms with Crippen molar-refractivity contribution in [2.24, 2.45) is 0 Å². The normalized spacial score (nSPS) is 11.3. The van der Waals surface area contributed by atoms with Gasteiger partial charge in [-0.15, -0.1) is 0 Å². The van der Waals surface area contributed by atoms with E-state index in [-0.39, 0.29) is 0 Å². The standard InChI is InChI=1S/C16H26F2O2Si/c1-3-19-21(20-4-2)12-8-6-5-7-9-14-10-11-15(17)16(18)13-14/h10-11,13,21H,3-9,12H2,1-2H3. The Morgan fingerprint density at radius 2 is 1.57 bits per heavy atom. The summed E-state index contributed by atoms with van der Waals surface area (Å²) in [6, 6.07) is 5.20. The molecule has 120 valence electrons. The van der Waals surface area contributed by atoms with Gasteiger partial charge in [-0.3, -0.25) is 0 Å². The van der Waals surface area contributed by atoms with E-state index in [0.717, 1.165) is 56.9 Å². The fraction of sp³-hybridized carbons (Fsp3) is 0.625. The maximum absolute atomic E-state index is 13.0. The van der Waals surface area contributed by atoms with E-state index >= 15 is 0 Å². The third kappa shape index (κ3) is 7.69. The Bertz CT molecular complexity index is 396. The Balaban J connectivity index is 2.12. The molecule has 1 aromatic carbocycles. The largest absolute Gasteiger partial charge is 0.397 e. The number of unbranched alkanes of at least 4 members (excludes halogenated alkanes) is 3. The maximum Gasteiger partial charge on any atom is 0.321 e. The molecule has 0 aliphatic rings. The SMILES string of the molecule is CCO[SiH](CCCCCCc1ccc(F)c(F)c1)OCC. The minimum Gasteiger partial charge on any atom is -0.397 e. The molecule has 5 heteroatoms. The number of rotatable bonds is 11. The van der Waals surface area contributed by atoms with Crippen LogP contribution in [-0.2, 0) is 15.3 Å². The Labute approximate surface area is 128 Å². The highest BCUT2D eigenvalue weighted by Crippen LogP contribution is 2.13. The number of hydrogen-bond donors (Lipinski definition) is 0. The molecule has 0 amide bonds. The number of benzene rings is 1. The van der Waals surface area contributed by atoms with Crippen molar-refractivity contribution >= 4 is 9.28 Å². The Morgan fingerprint density at radius 3 is 2.19 bits per heavy atom. The molecular formula is C16H26F2O2Si. The number of hydrogen-bond acceptors (Lipinski definition) is 2. The van der Waals surface area contributed by atoms with Gasteiger partial charge < -0.3 is 8.85 Å². The third-order valence-corrected chi connectivity index (χ3v) is 5.63. The van der Waals surface area contributed by atoms with Crippen molar-refractivity contribution in [3.05, 3.63) is 35.4 Å². The first-order valence-corrected chi connectivity index (χ1v) is 9.60. The molecule has 0 atom stereocenters. The number of halogens is 2. The fourth-order valence-electron chi connectivity index (χ4n) is 2.28. The van der Waals surface area contributed by atoms with E-state index in [1.165, 1.54) is 12.1 Å². The second-order valence-corrected chi connectivity index (χ2v) is 7.14. The van der Waals surface area contributed by atoms with Gasteiger partial charge in [-0.1, -0.05) is 25.3 Å². The topological polar surface area (TPSA) is 18.5 Å². The summed E-state index contributed by atoms with van der Waals surface area (Å²) < 4.78 is 37.1. The van der Waals surface area contributed by atoms with Gasteiger partial charge in [0.25, 0.3) is 0 Å². The van der Waals surface area contributed by atoms with Gasteiger partial charge in [0.2, 0.25) is 0 Å². The lowest BCUT2D eigenvalue weighted by Gasteiger charge is -2.14. The highest BCUT2D eigenvalue weighted by molar-refractivity contribution is 6.44. The van der Waals surface area contributed by atoms with Crippen LogP contribution in [0.25, 0.3) is 0 Å². The van der Waals surface area contributed by atoms with Crippen molar-refractivity contribution in [3.8, 4) is 0 Å². The predicted octanol–water partition coefficient (Wildman–Crippen LogP) is 4.36. The van der Waals surface area contributed by atoms with E-state index in [1.54, 1.807) is 6.07 Å². The minimum absolute atomic E-state index is 0.729. The quantitative estimate of drug-likeness (QED) is 0.446. The zero-order chi connectivity index (χ0) is 15.5. The van der Waals surface area contributed by atoms with Crippen molar-refractivity contribution in [2.45, 2.75) is 52.0 Å². The Hall–Kier alpha value is -0.783. The summed E-state index contributed by atoms with van der Waals surface area (Å²) >= 11 is 0. The van der Waals surface area contributed by atoms with Crippen LogP contribution in [0.1, 0.15) is 45.1 Å². The summed E-state index contributed by atoms with van der Waals surface area (Å²) in [6.45, 7) is 5.46. The van der Waals surface area contributed by atoms with Crippen LogP contribution in [0.15, 0.2) is 18.2 Å². The van der Waals surface area contributed by atoms with Crippen LogP contribution < -0.4 is 0 Å². The lowest BCUT2D eigenvalue weighted by atomic mass is 10.1. The van der Waals surface area contributed by atoms with E-state index in [1.807, 2.05) is 13.8 Å². The Morgan fingerprint density at radius 1 is 0.905 bits per heavy atom. The average molecular weight is 316 g/mol. The van der Waals surface area contributed by atoms with E-state index in [0.29, 0.717) is 0 Å². The van der Waals surface area contributed by atoms with Crippen LogP contribution in [0.5, 0.6) is 0 Å². The first kappa shape index (κ1) is 18.3. The van der Waals surface area contributed by atoms with Gasteiger partial charge in [0.05, 0.1) is 0 Å². The molecule has 0 bridgehead atoms. The average Bonchev–Trinajstić information content (AvgIpc) is 2.46. The molecule has 0 aliphatic heterocycles. The summed E-state index contributed by atoms with van der Waals surface area (Å²) in [6.07, 6.45) is 5.15. The first-order chi connectivity index (χ1) is 10.2. The molecule has 2 nitrogen and oxygen atoms in total. The van der Waals surface area contributed by atoms with Gasteiger partial charge in [0, 0.05) is 13.2 Å². The molecule has 0 saturated carbocycles. The van der Waals surface area contributed by atoms with Crippen LogP contribution in [0.4, 0.5) is 8.78 Å². The lowest BCUT2D eigenvalue weighted by molar-refractivity contribution is 0.212. The second-order valence-electron chi connectivity index (χ2n) is 5.04. The first-order valence-electron chi connectivity index (χ1n) is 7.84. The lowest BCUT2D eigenvalue weighted by Crippen LogP contribution is -2.22. The van der Waals surface area contributed by atoms with Gasteiger partial charge in [-0.2, -0.15) is 0 Å². The summed E-state index contributed by atoms with van der Waals surface area (Å²) in [5.74, 6) is -1.53. The van der Waals surface area contributed by atoms with E-state index in [9.17, 15) is 8.78 Å². The van der Waals surface area contributed by atoms with Crippen molar-refractivity contribution < 1.29 is 17.6 Å². The molecule has 0 N–H and O–H groups in total. The van der Waals surface area contributed by atoms with E-state index < -0.39 is 20.9 Å². The summed E-state index contributed by atoms with van der Waals surface area (Å²) in [7, 11) is -1.45. The van der Waals surface area contributed by atoms with Crippen molar-refractivity contribution in [1.29, 1.82) is 0 Å². The maximum atomic E-state index is 13.0. The zero-order valence-electron chi connectivity index (χ0n) is 13.0. The summed E-state index contributed by atoms with van der Waals surface area (Å²) in [5, 5.41) is 0. The molecule has 0 unspecified atom stereocenters. The van der Waals surface area contributed by atoms with Crippen LogP contribution in [0.2, 0.25) is 6.04 Å². The second kappa shape index (κ2) is 10.9. The smallest absolute Gasteiger partial charge is 0.321 e. The predicted molar refractivity (Wildman–Crippen MR) is 83.7 cm³/mol. The highest BCUT2D eigenvalue weighted by Gasteiger charge is 2.11. The molecule has 1 rings (SSSR count). The van der Waals surface area contributed by atoms with Crippen LogP contribution in [0.3, 0.4) is 0 Å². The van der Waals surface area contributed by atoms with Crippen molar-refractivity contribution in [1.82, 2.24) is 0 Å². The van der Waals surface area contributed by atoms with Crippen LogP contribution in [-0.4, -0.2) is 22.5 Å². The summed E-state index contributed by atoms with van der Waals surface area (Å²) in [4.78, 5) is 0. The van der Waals surface area contributed by atoms with Gasteiger partial charge in [0.1, 0.15) is 0 Å². The van der Waals surface area contributed by atoms with Crippen LogP contribution >= 0.6 is 0 Å². The Kier molecular flexibility index (Phi) is 9.46. The van der Waals surface area contributed by atoms with Gasteiger partial charge in [0.15, 0.2) is 11.6 Å². The number of aryl methyl sites for hydroxylation is 1. The monoisotopic (exact) mass is 316 g/mol. The fourth-order valence-corrected chi connectivity index (χ4v) is 4.07.